The van der Waals surface area contributed by atoms with Crippen molar-refractivity contribution in [2.24, 2.45) is 5.41 Å². The molecule has 0 spiro atoms. The Morgan fingerprint density at radius 3 is 2.66 bits per heavy atom. The fourth-order valence-corrected chi connectivity index (χ4v) is 4.85. The number of aliphatic hydroxyl groups is 1. The predicted octanol–water partition coefficient (Wildman–Crippen LogP) is 2.75. The highest BCUT2D eigenvalue weighted by molar-refractivity contribution is 6.30. The van der Waals surface area contributed by atoms with Crippen LogP contribution in [0.15, 0.2) is 42.6 Å². The van der Waals surface area contributed by atoms with Crippen molar-refractivity contribution in [3.8, 4) is 5.75 Å². The van der Waals surface area contributed by atoms with Crippen LogP contribution in [0.2, 0.25) is 5.02 Å². The van der Waals surface area contributed by atoms with E-state index in [1.54, 1.807) is 6.20 Å². The number of hydrogen-bond donors (Lipinski definition) is 3. The number of pyridine rings is 1. The molecule has 0 saturated heterocycles. The minimum atomic E-state index is -0.861. The summed E-state index contributed by atoms with van der Waals surface area (Å²) in [5.41, 5.74) is -0.673. The van der Waals surface area contributed by atoms with Crippen LogP contribution in [-0.4, -0.2) is 40.2 Å². The number of aromatic nitrogens is 1. The van der Waals surface area contributed by atoms with Crippen LogP contribution in [0, 0.1) is 11.2 Å². The summed E-state index contributed by atoms with van der Waals surface area (Å²) in [6, 6.07) is 9.46. The molecule has 0 radical (unpaired) electrons. The molecule has 3 fully saturated rings. The molecule has 3 N–H and O–H groups in total. The smallest absolute Gasteiger partial charge is 0.258 e. The molecule has 9 heteroatoms. The number of fused-ring (bicyclic) bond motifs is 3. The second-order valence-electron chi connectivity index (χ2n) is 8.57. The number of nitrogens with one attached hydrogen (secondary N) is 2. The van der Waals surface area contributed by atoms with Crippen LogP contribution in [0.25, 0.3) is 0 Å². The highest BCUT2D eigenvalue weighted by atomic mass is 35.5. The summed E-state index contributed by atoms with van der Waals surface area (Å²) < 4.78 is 18.9. The monoisotopic (exact) mass is 461 g/mol. The second kappa shape index (κ2) is 9.03. The molecular weight excluding hydrogens is 437 g/mol. The highest BCUT2D eigenvalue weighted by Gasteiger charge is 2.58. The Labute approximate surface area is 190 Å². The van der Waals surface area contributed by atoms with Crippen LogP contribution in [-0.2, 0) is 16.1 Å². The van der Waals surface area contributed by atoms with Crippen molar-refractivity contribution >= 4 is 23.4 Å². The summed E-state index contributed by atoms with van der Waals surface area (Å²) in [5, 5.41) is 16.7. The summed E-state index contributed by atoms with van der Waals surface area (Å²) in [5.74, 6) is -0.955. The predicted molar refractivity (Wildman–Crippen MR) is 115 cm³/mol. The van der Waals surface area contributed by atoms with Gasteiger partial charge in [-0.15, -0.1) is 0 Å². The molecule has 0 unspecified atom stereocenters. The van der Waals surface area contributed by atoms with Gasteiger partial charge in [-0.1, -0.05) is 17.7 Å². The van der Waals surface area contributed by atoms with Gasteiger partial charge in [0, 0.05) is 17.8 Å². The van der Waals surface area contributed by atoms with Gasteiger partial charge >= 0.3 is 0 Å². The van der Waals surface area contributed by atoms with Crippen LogP contribution in [0.4, 0.5) is 4.39 Å². The molecule has 1 aromatic carbocycles. The van der Waals surface area contributed by atoms with Crippen molar-refractivity contribution in [1.29, 1.82) is 0 Å². The Kier molecular flexibility index (Phi) is 6.35. The van der Waals surface area contributed by atoms with Gasteiger partial charge in [-0.2, -0.15) is 0 Å². The standard InChI is InChI=1S/C23H25ClFN3O4/c24-17-5-4-16(11-18(17)25)32-14-20(30)28-22-6-8-23(9-7-22,19(29)12-22)21(31)27-13-15-3-1-2-10-26-15/h1-5,10-11,19,29H,6-9,12-14H2,(H,27,31)(H,28,30)/t19-,22?,23?/m0/s1. The van der Waals surface area contributed by atoms with Crippen LogP contribution in [0.5, 0.6) is 5.75 Å². The molecule has 2 amide bonds. The molecule has 5 rings (SSSR count). The molecule has 1 aromatic heterocycles. The van der Waals surface area contributed by atoms with E-state index in [0.29, 0.717) is 38.6 Å². The SMILES string of the molecule is O=C(COc1ccc(Cl)c(F)c1)NC12CCC(C(=O)NCc3ccccn3)(CC1)[C@@H](O)C2. The van der Waals surface area contributed by atoms with Crippen LogP contribution in [0.3, 0.4) is 0 Å². The third-order valence-corrected chi connectivity index (χ3v) is 6.90. The number of benzene rings is 1. The number of ether oxygens (including phenoxy) is 1. The van der Waals surface area contributed by atoms with Gasteiger partial charge in [-0.25, -0.2) is 4.39 Å². The van der Waals surface area contributed by atoms with Gasteiger partial charge in [0.05, 0.1) is 28.8 Å². The maximum absolute atomic E-state index is 13.5. The first-order valence-corrected chi connectivity index (χ1v) is 10.9. The Hall–Kier alpha value is -2.71. The molecule has 1 heterocycles. The topological polar surface area (TPSA) is 101 Å². The average Bonchev–Trinajstić information content (AvgIpc) is 2.79. The Morgan fingerprint density at radius 2 is 2.00 bits per heavy atom. The quantitative estimate of drug-likeness (QED) is 0.588. The minimum Gasteiger partial charge on any atom is -0.484 e. The first-order valence-electron chi connectivity index (χ1n) is 10.6. The van der Waals surface area contributed by atoms with Crippen molar-refractivity contribution in [3.05, 3.63) is 59.1 Å². The van der Waals surface area contributed by atoms with Crippen molar-refractivity contribution < 1.29 is 23.8 Å². The minimum absolute atomic E-state index is 0.0216. The maximum Gasteiger partial charge on any atom is 0.258 e. The zero-order valence-electron chi connectivity index (χ0n) is 17.4. The lowest BCUT2D eigenvalue weighted by Gasteiger charge is -2.55. The zero-order valence-corrected chi connectivity index (χ0v) is 18.2. The van der Waals surface area contributed by atoms with E-state index in [-0.39, 0.29) is 29.2 Å². The van der Waals surface area contributed by atoms with Crippen molar-refractivity contribution in [2.45, 2.75) is 50.3 Å². The lowest BCUT2D eigenvalue weighted by Crippen LogP contribution is -2.65. The first kappa shape index (κ1) is 22.5. The Balaban J connectivity index is 1.32. The molecule has 32 heavy (non-hydrogen) atoms. The summed E-state index contributed by atoms with van der Waals surface area (Å²) in [6.07, 6.45) is 3.23. The summed E-state index contributed by atoms with van der Waals surface area (Å²) in [6.45, 7) is 0.0211. The number of nitrogens with zero attached hydrogens (tertiary/aromatic N) is 1. The molecule has 0 aliphatic heterocycles. The van der Waals surface area contributed by atoms with Gasteiger partial charge < -0.3 is 20.5 Å². The number of carbonyl (C=O) groups is 2. The third kappa shape index (κ3) is 4.56. The van der Waals surface area contributed by atoms with E-state index in [1.165, 1.54) is 12.1 Å². The molecule has 2 aromatic rings. The number of amides is 2. The lowest BCUT2D eigenvalue weighted by molar-refractivity contribution is -0.156. The molecule has 3 aliphatic carbocycles. The average molecular weight is 462 g/mol. The van der Waals surface area contributed by atoms with E-state index in [2.05, 4.69) is 15.6 Å². The number of aliphatic hydroxyl groups excluding tert-OH is 1. The maximum atomic E-state index is 13.5. The van der Waals surface area contributed by atoms with Crippen molar-refractivity contribution in [1.82, 2.24) is 15.6 Å². The van der Waals surface area contributed by atoms with E-state index >= 15 is 0 Å². The van der Waals surface area contributed by atoms with Crippen LogP contribution >= 0.6 is 11.6 Å². The summed E-state index contributed by atoms with van der Waals surface area (Å²) in [4.78, 5) is 29.6. The summed E-state index contributed by atoms with van der Waals surface area (Å²) in [7, 11) is 0. The fraction of sp³-hybridized carbons (Fsp3) is 0.435. The van der Waals surface area contributed by atoms with Crippen molar-refractivity contribution in [3.63, 3.8) is 0 Å². The Bertz CT molecular complexity index is 996. The molecule has 170 valence electrons. The largest absolute Gasteiger partial charge is 0.484 e. The third-order valence-electron chi connectivity index (χ3n) is 6.60. The number of rotatable bonds is 7. The Morgan fingerprint density at radius 1 is 1.22 bits per heavy atom. The first-order chi connectivity index (χ1) is 15.3. The van der Waals surface area contributed by atoms with Gasteiger partial charge in [0.25, 0.3) is 5.91 Å². The lowest BCUT2D eigenvalue weighted by atomic mass is 9.55. The number of hydrogen-bond acceptors (Lipinski definition) is 5. The van der Waals surface area contributed by atoms with E-state index in [4.69, 9.17) is 16.3 Å². The zero-order chi connectivity index (χ0) is 22.8. The van der Waals surface area contributed by atoms with E-state index < -0.39 is 22.9 Å². The van der Waals surface area contributed by atoms with Gasteiger partial charge in [0.15, 0.2) is 6.61 Å². The normalized spacial score (nSPS) is 26.4. The molecule has 3 saturated carbocycles. The fourth-order valence-electron chi connectivity index (χ4n) is 4.73. The van der Waals surface area contributed by atoms with Gasteiger partial charge in [-0.3, -0.25) is 14.6 Å². The molecular formula is C23H25ClFN3O4. The van der Waals surface area contributed by atoms with Gasteiger partial charge in [0.1, 0.15) is 11.6 Å². The van der Waals surface area contributed by atoms with E-state index in [9.17, 15) is 19.1 Å². The summed E-state index contributed by atoms with van der Waals surface area (Å²) >= 11 is 5.65. The van der Waals surface area contributed by atoms with Crippen LogP contribution in [0.1, 0.15) is 37.8 Å². The molecule has 1 atom stereocenters. The number of carbonyl (C=O) groups excluding carboxylic acids is 2. The second-order valence-corrected chi connectivity index (χ2v) is 8.98. The molecule has 3 aliphatic rings. The van der Waals surface area contributed by atoms with Crippen LogP contribution < -0.4 is 15.4 Å². The van der Waals surface area contributed by atoms with Gasteiger partial charge in [-0.05, 0) is 56.4 Å². The van der Waals surface area contributed by atoms with E-state index in [1.807, 2.05) is 18.2 Å². The number of halogens is 2. The highest BCUT2D eigenvalue weighted by Crippen LogP contribution is 2.52. The van der Waals surface area contributed by atoms with Crippen molar-refractivity contribution in [2.75, 3.05) is 6.61 Å². The molecule has 7 nitrogen and oxygen atoms in total. The van der Waals surface area contributed by atoms with Gasteiger partial charge in [0.2, 0.25) is 5.91 Å². The molecule has 2 bridgehead atoms. The van der Waals surface area contributed by atoms with E-state index in [0.717, 1.165) is 11.8 Å².